The molecule has 0 bridgehead atoms. The summed E-state index contributed by atoms with van der Waals surface area (Å²) < 4.78 is 0. The lowest BCUT2D eigenvalue weighted by Crippen LogP contribution is -2.13. The zero-order chi connectivity index (χ0) is 8.22. The molecule has 1 N–H and O–H groups in total. The lowest BCUT2D eigenvalue weighted by Gasteiger charge is -2.19. The van der Waals surface area contributed by atoms with Crippen molar-refractivity contribution in [3.05, 3.63) is 0 Å². The van der Waals surface area contributed by atoms with Crippen LogP contribution in [-0.4, -0.2) is 11.1 Å². The number of aliphatic carboxylic acids is 1. The van der Waals surface area contributed by atoms with Gasteiger partial charge in [-0.25, -0.2) is 0 Å². The summed E-state index contributed by atoms with van der Waals surface area (Å²) in [5, 5.41) is 8.73. The first kappa shape index (κ1) is 7.14. The van der Waals surface area contributed by atoms with Gasteiger partial charge in [-0.3, -0.25) is 4.79 Å². The molecule has 0 saturated heterocycles. The maximum Gasteiger partial charge on any atom is 0.307 e. The molecule has 2 aliphatic carbocycles. The third-order valence-corrected chi connectivity index (χ3v) is 3.19. The highest BCUT2D eigenvalue weighted by Gasteiger charge is 2.61. The van der Waals surface area contributed by atoms with E-state index in [0.29, 0.717) is 17.3 Å². The van der Waals surface area contributed by atoms with Gasteiger partial charge in [0.05, 0.1) is 5.92 Å². The molecule has 0 spiro atoms. The van der Waals surface area contributed by atoms with Gasteiger partial charge in [-0.1, -0.05) is 13.8 Å². The average molecular weight is 154 g/mol. The molecule has 2 nitrogen and oxygen atoms in total. The molecule has 0 radical (unpaired) electrons. The molecule has 2 fully saturated rings. The molecule has 0 heterocycles. The number of carbonyl (C=O) groups is 1. The Bertz CT molecular complexity index is 194. The Morgan fingerprint density at radius 3 is 2.18 bits per heavy atom. The van der Waals surface area contributed by atoms with Crippen LogP contribution in [-0.2, 0) is 4.79 Å². The van der Waals surface area contributed by atoms with Crippen molar-refractivity contribution in [2.24, 2.45) is 23.2 Å². The number of carboxylic acids is 1. The number of hydrogen-bond acceptors (Lipinski definition) is 1. The second-order valence-electron chi connectivity index (χ2n) is 4.76. The molecular weight excluding hydrogens is 140 g/mol. The molecule has 2 atom stereocenters. The van der Waals surface area contributed by atoms with E-state index < -0.39 is 5.97 Å². The molecule has 0 aromatic heterocycles. The lowest BCUT2D eigenvalue weighted by atomic mass is 9.86. The van der Waals surface area contributed by atoms with Crippen LogP contribution >= 0.6 is 0 Å². The van der Waals surface area contributed by atoms with Crippen molar-refractivity contribution in [2.45, 2.75) is 26.7 Å². The highest BCUT2D eigenvalue weighted by molar-refractivity contribution is 5.74. The van der Waals surface area contributed by atoms with Crippen LogP contribution in [0.15, 0.2) is 0 Å². The summed E-state index contributed by atoms with van der Waals surface area (Å²) >= 11 is 0. The van der Waals surface area contributed by atoms with Crippen molar-refractivity contribution >= 4 is 5.97 Å². The molecule has 0 aromatic carbocycles. The van der Waals surface area contributed by atoms with Gasteiger partial charge in [-0.2, -0.15) is 0 Å². The van der Waals surface area contributed by atoms with Gasteiger partial charge in [-0.05, 0) is 30.1 Å². The predicted octanol–water partition coefficient (Wildman–Crippen LogP) is 1.75. The minimum absolute atomic E-state index is 0.0167. The molecule has 11 heavy (non-hydrogen) atoms. The Morgan fingerprint density at radius 1 is 1.36 bits per heavy atom. The molecular formula is C9H14O2. The molecule has 62 valence electrons. The molecule has 0 aromatic rings. The first-order chi connectivity index (χ1) is 5.01. The summed E-state index contributed by atoms with van der Waals surface area (Å²) in [7, 11) is 0. The SMILES string of the molecule is CC1(C)CC2C(C1)C2C(=O)O. The van der Waals surface area contributed by atoms with Crippen LogP contribution in [0.4, 0.5) is 0 Å². The Labute approximate surface area is 66.6 Å². The minimum atomic E-state index is -0.574. The molecule has 2 rings (SSSR count). The largest absolute Gasteiger partial charge is 0.481 e. The second-order valence-corrected chi connectivity index (χ2v) is 4.76. The van der Waals surface area contributed by atoms with Crippen molar-refractivity contribution < 1.29 is 9.90 Å². The van der Waals surface area contributed by atoms with Gasteiger partial charge >= 0.3 is 5.97 Å². The van der Waals surface area contributed by atoms with E-state index in [2.05, 4.69) is 13.8 Å². The van der Waals surface area contributed by atoms with Crippen LogP contribution in [0.5, 0.6) is 0 Å². The molecule has 2 unspecified atom stereocenters. The molecule has 2 aliphatic rings. The second kappa shape index (κ2) is 1.79. The van der Waals surface area contributed by atoms with Gasteiger partial charge in [0.2, 0.25) is 0 Å². The van der Waals surface area contributed by atoms with Crippen molar-refractivity contribution in [3.8, 4) is 0 Å². The lowest BCUT2D eigenvalue weighted by molar-refractivity contribution is -0.139. The number of rotatable bonds is 1. The van der Waals surface area contributed by atoms with Crippen LogP contribution in [0, 0.1) is 23.2 Å². The molecule has 2 heteroatoms. The van der Waals surface area contributed by atoms with E-state index in [1.807, 2.05) is 0 Å². The van der Waals surface area contributed by atoms with Crippen molar-refractivity contribution in [3.63, 3.8) is 0 Å². The van der Waals surface area contributed by atoms with E-state index in [0.717, 1.165) is 12.8 Å². The summed E-state index contributed by atoms with van der Waals surface area (Å²) in [5.74, 6) is 0.475. The zero-order valence-corrected chi connectivity index (χ0v) is 7.00. The number of hydrogen-bond donors (Lipinski definition) is 1. The van der Waals surface area contributed by atoms with E-state index >= 15 is 0 Å². The summed E-state index contributed by atoms with van der Waals surface area (Å²) in [4.78, 5) is 10.6. The van der Waals surface area contributed by atoms with E-state index in [-0.39, 0.29) is 5.92 Å². The first-order valence-corrected chi connectivity index (χ1v) is 4.24. The van der Waals surface area contributed by atoms with E-state index in [1.165, 1.54) is 0 Å². The Balaban J connectivity index is 2.01. The summed E-state index contributed by atoms with van der Waals surface area (Å²) in [6, 6.07) is 0. The fourth-order valence-electron chi connectivity index (χ4n) is 2.73. The third kappa shape index (κ3) is 0.959. The highest BCUT2D eigenvalue weighted by Crippen LogP contribution is 2.63. The number of fused-ring (bicyclic) bond motifs is 1. The maximum absolute atomic E-state index is 10.6. The van der Waals surface area contributed by atoms with Crippen molar-refractivity contribution in [2.75, 3.05) is 0 Å². The van der Waals surface area contributed by atoms with Crippen LogP contribution in [0.25, 0.3) is 0 Å². The maximum atomic E-state index is 10.6. The van der Waals surface area contributed by atoms with Gasteiger partial charge in [0.25, 0.3) is 0 Å². The van der Waals surface area contributed by atoms with Crippen molar-refractivity contribution in [1.29, 1.82) is 0 Å². The number of carboxylic acid groups (broad SMARTS) is 1. The predicted molar refractivity (Wildman–Crippen MR) is 41.1 cm³/mol. The Morgan fingerprint density at radius 2 is 1.82 bits per heavy atom. The van der Waals surface area contributed by atoms with Crippen LogP contribution in [0.2, 0.25) is 0 Å². The summed E-state index contributed by atoms with van der Waals surface area (Å²) in [5.41, 5.74) is 0.418. The Hall–Kier alpha value is -0.530. The quantitative estimate of drug-likeness (QED) is 0.624. The molecule has 0 amide bonds. The van der Waals surface area contributed by atoms with Gasteiger partial charge in [0.15, 0.2) is 0 Å². The highest BCUT2D eigenvalue weighted by atomic mass is 16.4. The normalized spacial score (nSPS) is 45.1. The summed E-state index contributed by atoms with van der Waals surface area (Å²) in [6.45, 7) is 4.47. The van der Waals surface area contributed by atoms with Crippen LogP contribution < -0.4 is 0 Å². The van der Waals surface area contributed by atoms with Gasteiger partial charge in [-0.15, -0.1) is 0 Å². The van der Waals surface area contributed by atoms with Gasteiger partial charge in [0.1, 0.15) is 0 Å². The standard InChI is InChI=1S/C9H14O2/c1-9(2)3-5-6(4-9)7(5)8(10)11/h5-7H,3-4H2,1-2H3,(H,10,11). The average Bonchev–Trinajstić information content (AvgIpc) is 2.31. The van der Waals surface area contributed by atoms with E-state index in [1.54, 1.807) is 0 Å². The smallest absolute Gasteiger partial charge is 0.307 e. The minimum Gasteiger partial charge on any atom is -0.481 e. The summed E-state index contributed by atoms with van der Waals surface area (Å²) in [6.07, 6.45) is 2.24. The van der Waals surface area contributed by atoms with Crippen LogP contribution in [0.1, 0.15) is 26.7 Å². The van der Waals surface area contributed by atoms with Gasteiger partial charge < -0.3 is 5.11 Å². The fraction of sp³-hybridized carbons (Fsp3) is 0.889. The van der Waals surface area contributed by atoms with E-state index in [4.69, 9.17) is 5.11 Å². The topological polar surface area (TPSA) is 37.3 Å². The molecule has 0 aliphatic heterocycles. The molecule has 2 saturated carbocycles. The van der Waals surface area contributed by atoms with Crippen LogP contribution in [0.3, 0.4) is 0 Å². The van der Waals surface area contributed by atoms with Gasteiger partial charge in [0, 0.05) is 0 Å². The monoisotopic (exact) mass is 154 g/mol. The first-order valence-electron chi connectivity index (χ1n) is 4.24. The third-order valence-electron chi connectivity index (χ3n) is 3.19. The van der Waals surface area contributed by atoms with E-state index in [9.17, 15) is 4.79 Å². The van der Waals surface area contributed by atoms with Crippen molar-refractivity contribution in [1.82, 2.24) is 0 Å². The zero-order valence-electron chi connectivity index (χ0n) is 7.00. The fourth-order valence-corrected chi connectivity index (χ4v) is 2.73. The Kier molecular flexibility index (Phi) is 1.16.